The molecule has 0 aromatic carbocycles. The summed E-state index contributed by atoms with van der Waals surface area (Å²) in [5, 5.41) is 3.30. The van der Waals surface area contributed by atoms with Crippen LogP contribution in [0.1, 0.15) is 13.8 Å². The van der Waals surface area contributed by atoms with Crippen LogP contribution in [0.25, 0.3) is 0 Å². The van der Waals surface area contributed by atoms with Crippen molar-refractivity contribution in [2.75, 3.05) is 6.54 Å². The molecule has 3 nitrogen and oxygen atoms in total. The second-order valence-corrected chi connectivity index (χ2v) is 2.97. The maximum Gasteiger partial charge on any atom is 0.0946 e. The van der Waals surface area contributed by atoms with Crippen LogP contribution in [0.5, 0.6) is 0 Å². The number of imidazole rings is 1. The van der Waals surface area contributed by atoms with Crippen molar-refractivity contribution in [3.63, 3.8) is 0 Å². The van der Waals surface area contributed by atoms with Crippen LogP contribution in [0.4, 0.5) is 0 Å². The van der Waals surface area contributed by atoms with Gasteiger partial charge in [-0.3, -0.25) is 0 Å². The molecular formula is C10H15N3. The lowest BCUT2D eigenvalue weighted by molar-refractivity contribution is 0.501. The van der Waals surface area contributed by atoms with Crippen molar-refractivity contribution in [3.8, 4) is 11.8 Å². The topological polar surface area (TPSA) is 29.9 Å². The van der Waals surface area contributed by atoms with Crippen LogP contribution in [0.3, 0.4) is 0 Å². The highest BCUT2D eigenvalue weighted by molar-refractivity contribution is 4.97. The highest BCUT2D eigenvalue weighted by Crippen LogP contribution is 1.90. The fraction of sp³-hybridized carbons (Fsp3) is 0.500. The second kappa shape index (κ2) is 5.39. The largest absolute Gasteiger partial charge is 0.336 e. The normalized spacial score (nSPS) is 11.8. The molecule has 1 aromatic heterocycles. The van der Waals surface area contributed by atoms with Gasteiger partial charge in [0.05, 0.1) is 12.9 Å². The van der Waals surface area contributed by atoms with Crippen molar-refractivity contribution >= 4 is 0 Å². The van der Waals surface area contributed by atoms with E-state index in [1.165, 1.54) is 0 Å². The highest BCUT2D eigenvalue weighted by atomic mass is 15.1. The quantitative estimate of drug-likeness (QED) is 0.692. The van der Waals surface area contributed by atoms with E-state index in [2.05, 4.69) is 33.6 Å². The van der Waals surface area contributed by atoms with E-state index in [0.717, 1.165) is 13.1 Å². The SMILES string of the molecule is CC#CCNC(C)Cn1ccnc1. The number of nitrogens with zero attached hydrogens (tertiary/aromatic N) is 2. The van der Waals surface area contributed by atoms with Gasteiger partial charge in [-0.05, 0) is 13.8 Å². The maximum atomic E-state index is 3.98. The lowest BCUT2D eigenvalue weighted by Crippen LogP contribution is -2.30. The van der Waals surface area contributed by atoms with Crippen LogP contribution in [0.2, 0.25) is 0 Å². The number of hydrogen-bond donors (Lipinski definition) is 1. The van der Waals surface area contributed by atoms with E-state index in [1.807, 2.05) is 19.4 Å². The Morgan fingerprint density at radius 2 is 2.46 bits per heavy atom. The fourth-order valence-electron chi connectivity index (χ4n) is 1.09. The Morgan fingerprint density at radius 3 is 3.08 bits per heavy atom. The number of hydrogen-bond acceptors (Lipinski definition) is 2. The Hall–Kier alpha value is -1.27. The minimum atomic E-state index is 0.426. The zero-order chi connectivity index (χ0) is 9.52. The monoisotopic (exact) mass is 177 g/mol. The predicted octanol–water partition coefficient (Wildman–Crippen LogP) is 0.884. The molecule has 1 N–H and O–H groups in total. The van der Waals surface area contributed by atoms with Crippen LogP contribution in [0.15, 0.2) is 18.7 Å². The van der Waals surface area contributed by atoms with Gasteiger partial charge >= 0.3 is 0 Å². The molecule has 1 atom stereocenters. The Labute approximate surface area is 79.2 Å². The third-order valence-corrected chi connectivity index (χ3v) is 1.76. The molecule has 1 aromatic rings. The molecule has 3 heteroatoms. The maximum absolute atomic E-state index is 3.98. The summed E-state index contributed by atoms with van der Waals surface area (Å²) in [5.41, 5.74) is 0. The Bertz CT molecular complexity index is 279. The average Bonchev–Trinajstić information content (AvgIpc) is 2.57. The Kier molecular flexibility index (Phi) is 4.07. The van der Waals surface area contributed by atoms with Gasteiger partial charge in [0.1, 0.15) is 0 Å². The van der Waals surface area contributed by atoms with E-state index in [0.29, 0.717) is 6.04 Å². The van der Waals surface area contributed by atoms with Gasteiger partial charge in [0.25, 0.3) is 0 Å². The summed E-state index contributed by atoms with van der Waals surface area (Å²) in [6.45, 7) is 5.68. The first-order valence-corrected chi connectivity index (χ1v) is 4.41. The van der Waals surface area contributed by atoms with E-state index in [9.17, 15) is 0 Å². The zero-order valence-electron chi connectivity index (χ0n) is 8.12. The summed E-state index contributed by atoms with van der Waals surface area (Å²) in [4.78, 5) is 3.98. The zero-order valence-corrected chi connectivity index (χ0v) is 8.12. The van der Waals surface area contributed by atoms with E-state index in [4.69, 9.17) is 0 Å². The van der Waals surface area contributed by atoms with Crippen LogP contribution in [-0.4, -0.2) is 22.1 Å². The minimum Gasteiger partial charge on any atom is -0.336 e. The molecule has 0 saturated carbocycles. The molecule has 70 valence electrons. The number of aromatic nitrogens is 2. The molecule has 0 bridgehead atoms. The molecule has 0 aliphatic carbocycles. The fourth-order valence-corrected chi connectivity index (χ4v) is 1.09. The minimum absolute atomic E-state index is 0.426. The third-order valence-electron chi connectivity index (χ3n) is 1.76. The van der Waals surface area contributed by atoms with Gasteiger partial charge in [-0.15, -0.1) is 5.92 Å². The first-order valence-electron chi connectivity index (χ1n) is 4.41. The van der Waals surface area contributed by atoms with Crippen LogP contribution >= 0.6 is 0 Å². The summed E-state index contributed by atoms with van der Waals surface area (Å²) >= 11 is 0. The van der Waals surface area contributed by atoms with Crippen molar-refractivity contribution in [3.05, 3.63) is 18.7 Å². The summed E-state index contributed by atoms with van der Waals surface area (Å²) in [7, 11) is 0. The van der Waals surface area contributed by atoms with E-state index in [1.54, 1.807) is 6.20 Å². The lowest BCUT2D eigenvalue weighted by Gasteiger charge is -2.11. The van der Waals surface area contributed by atoms with Crippen molar-refractivity contribution < 1.29 is 0 Å². The second-order valence-electron chi connectivity index (χ2n) is 2.97. The smallest absolute Gasteiger partial charge is 0.0946 e. The van der Waals surface area contributed by atoms with Crippen molar-refractivity contribution in [2.24, 2.45) is 0 Å². The molecule has 0 fully saturated rings. The third kappa shape index (κ3) is 3.77. The molecule has 1 rings (SSSR count). The van der Waals surface area contributed by atoms with Gasteiger partial charge in [0.2, 0.25) is 0 Å². The molecule has 0 aliphatic rings. The van der Waals surface area contributed by atoms with Crippen molar-refractivity contribution in [1.29, 1.82) is 0 Å². The molecule has 0 spiro atoms. The van der Waals surface area contributed by atoms with E-state index >= 15 is 0 Å². The van der Waals surface area contributed by atoms with Crippen molar-refractivity contribution in [1.82, 2.24) is 14.9 Å². The molecule has 0 amide bonds. The first kappa shape index (κ1) is 9.82. The van der Waals surface area contributed by atoms with Gasteiger partial charge in [0, 0.05) is 25.0 Å². The molecule has 0 radical (unpaired) electrons. The molecule has 0 saturated heterocycles. The Morgan fingerprint density at radius 1 is 1.62 bits per heavy atom. The summed E-state index contributed by atoms with van der Waals surface area (Å²) in [6, 6.07) is 0.426. The van der Waals surface area contributed by atoms with Crippen LogP contribution in [0, 0.1) is 11.8 Å². The number of rotatable bonds is 4. The Balaban J connectivity index is 2.24. The molecule has 13 heavy (non-hydrogen) atoms. The van der Waals surface area contributed by atoms with Gasteiger partial charge in [-0.1, -0.05) is 5.92 Å². The van der Waals surface area contributed by atoms with Crippen LogP contribution in [-0.2, 0) is 6.54 Å². The van der Waals surface area contributed by atoms with E-state index < -0.39 is 0 Å². The lowest BCUT2D eigenvalue weighted by atomic mass is 10.3. The number of nitrogens with one attached hydrogen (secondary N) is 1. The highest BCUT2D eigenvalue weighted by Gasteiger charge is 1.99. The molecule has 1 unspecified atom stereocenters. The van der Waals surface area contributed by atoms with Gasteiger partial charge in [0.15, 0.2) is 0 Å². The first-order chi connectivity index (χ1) is 6.33. The molecular weight excluding hydrogens is 162 g/mol. The van der Waals surface area contributed by atoms with Crippen molar-refractivity contribution in [2.45, 2.75) is 26.4 Å². The van der Waals surface area contributed by atoms with Gasteiger partial charge in [-0.25, -0.2) is 4.98 Å². The summed E-state index contributed by atoms with van der Waals surface area (Å²) in [6.07, 6.45) is 5.58. The molecule has 0 aliphatic heterocycles. The predicted molar refractivity (Wildman–Crippen MR) is 53.1 cm³/mol. The van der Waals surface area contributed by atoms with Gasteiger partial charge < -0.3 is 9.88 Å². The summed E-state index contributed by atoms with van der Waals surface area (Å²) in [5.74, 6) is 5.82. The standard InChI is InChI=1S/C10H15N3/c1-3-4-5-12-10(2)8-13-7-6-11-9-13/h6-7,9-10,12H,5,8H2,1-2H3. The van der Waals surface area contributed by atoms with Crippen LogP contribution < -0.4 is 5.32 Å². The van der Waals surface area contributed by atoms with E-state index in [-0.39, 0.29) is 0 Å². The average molecular weight is 177 g/mol. The summed E-state index contributed by atoms with van der Waals surface area (Å²) < 4.78 is 2.05. The molecule has 1 heterocycles. The van der Waals surface area contributed by atoms with Gasteiger partial charge in [-0.2, -0.15) is 0 Å².